The molecule has 2 nitrogen and oxygen atoms in total. The maximum atomic E-state index is 11.2. The molecule has 0 aliphatic carbocycles. The monoisotopic (exact) mass is 313 g/mol. The van der Waals surface area contributed by atoms with Crippen LogP contribution >= 0.6 is 22.7 Å². The first-order valence-corrected chi connectivity index (χ1v) is 9.69. The number of hydrogen-bond donors (Lipinski definition) is 1. The highest BCUT2D eigenvalue weighted by atomic mass is 32.2. The molecule has 104 valence electrons. The first-order chi connectivity index (χ1) is 9.16. The topological polar surface area (TPSA) is 29.1 Å². The van der Waals surface area contributed by atoms with Gasteiger partial charge in [-0.15, -0.1) is 22.7 Å². The van der Waals surface area contributed by atoms with Crippen molar-refractivity contribution in [2.75, 3.05) is 12.8 Å². The minimum absolute atomic E-state index is 0.275. The predicted molar refractivity (Wildman–Crippen MR) is 87.5 cm³/mol. The highest BCUT2D eigenvalue weighted by molar-refractivity contribution is 7.84. The fourth-order valence-electron chi connectivity index (χ4n) is 1.73. The third kappa shape index (κ3) is 4.53. The Bertz CT molecular complexity index is 519. The zero-order valence-electron chi connectivity index (χ0n) is 11.2. The van der Waals surface area contributed by atoms with Gasteiger partial charge in [-0.2, -0.15) is 0 Å². The van der Waals surface area contributed by atoms with Gasteiger partial charge in [0.15, 0.2) is 0 Å². The van der Waals surface area contributed by atoms with E-state index < -0.39 is 10.8 Å². The summed E-state index contributed by atoms with van der Waals surface area (Å²) < 4.78 is 11.2. The zero-order valence-corrected chi connectivity index (χ0v) is 13.7. The standard InChI is InChI=1S/C14H19NOS3/c1-11(19(2)16)5-6-15-9-13-8-12(10-18-13)14-4-3-7-17-14/h3-4,7-8,10-11,15H,5-6,9H2,1-2H3. The van der Waals surface area contributed by atoms with E-state index in [-0.39, 0.29) is 5.25 Å². The van der Waals surface area contributed by atoms with Crippen LogP contribution in [0.15, 0.2) is 29.0 Å². The second kappa shape index (κ2) is 7.33. The molecular weight excluding hydrogens is 294 g/mol. The van der Waals surface area contributed by atoms with Crippen LogP contribution in [0.2, 0.25) is 0 Å². The lowest BCUT2D eigenvalue weighted by Crippen LogP contribution is -2.20. The van der Waals surface area contributed by atoms with E-state index in [2.05, 4.69) is 34.3 Å². The maximum absolute atomic E-state index is 11.2. The van der Waals surface area contributed by atoms with Crippen LogP contribution in [-0.2, 0) is 17.3 Å². The molecule has 2 heterocycles. The third-order valence-corrected chi connectivity index (χ3v) is 6.28. The van der Waals surface area contributed by atoms with Gasteiger partial charge in [0.2, 0.25) is 0 Å². The molecule has 2 atom stereocenters. The van der Waals surface area contributed by atoms with E-state index in [0.29, 0.717) is 0 Å². The van der Waals surface area contributed by atoms with Gasteiger partial charge in [-0.25, -0.2) is 0 Å². The Morgan fingerprint density at radius 3 is 2.95 bits per heavy atom. The van der Waals surface area contributed by atoms with E-state index >= 15 is 0 Å². The quantitative estimate of drug-likeness (QED) is 0.789. The fourth-order valence-corrected chi connectivity index (χ4v) is 3.82. The second-order valence-electron chi connectivity index (χ2n) is 4.55. The minimum Gasteiger partial charge on any atom is -0.312 e. The molecule has 19 heavy (non-hydrogen) atoms. The molecule has 0 aliphatic heterocycles. The van der Waals surface area contributed by atoms with E-state index in [0.717, 1.165) is 19.5 Å². The Balaban J connectivity index is 1.77. The molecule has 0 bridgehead atoms. The van der Waals surface area contributed by atoms with Crippen molar-refractivity contribution in [2.24, 2.45) is 0 Å². The molecule has 0 saturated heterocycles. The lowest BCUT2D eigenvalue weighted by atomic mass is 10.2. The van der Waals surface area contributed by atoms with Crippen LogP contribution in [0.25, 0.3) is 10.4 Å². The van der Waals surface area contributed by atoms with Gasteiger partial charge in [-0.1, -0.05) is 13.0 Å². The van der Waals surface area contributed by atoms with Crippen LogP contribution in [0.1, 0.15) is 18.2 Å². The van der Waals surface area contributed by atoms with Gasteiger partial charge in [-0.3, -0.25) is 4.21 Å². The van der Waals surface area contributed by atoms with Crippen molar-refractivity contribution in [3.8, 4) is 10.4 Å². The van der Waals surface area contributed by atoms with Crippen LogP contribution in [0, 0.1) is 0 Å². The van der Waals surface area contributed by atoms with Crippen molar-refractivity contribution in [3.05, 3.63) is 33.8 Å². The Labute approximate surface area is 125 Å². The van der Waals surface area contributed by atoms with E-state index in [1.165, 1.54) is 15.3 Å². The summed E-state index contributed by atoms with van der Waals surface area (Å²) in [6.07, 6.45) is 2.74. The normalized spacial score (nSPS) is 14.4. The van der Waals surface area contributed by atoms with Crippen LogP contribution in [-0.4, -0.2) is 22.3 Å². The first kappa shape index (κ1) is 14.9. The van der Waals surface area contributed by atoms with Gasteiger partial charge in [-0.05, 0) is 35.9 Å². The zero-order chi connectivity index (χ0) is 13.7. The third-order valence-electron chi connectivity index (χ3n) is 3.05. The first-order valence-electron chi connectivity index (χ1n) is 6.31. The number of rotatable bonds is 7. The SMILES string of the molecule is CC(CCNCc1cc(-c2cccs2)cs1)S(C)=O. The molecule has 2 aromatic rings. The molecule has 0 radical (unpaired) electrons. The summed E-state index contributed by atoms with van der Waals surface area (Å²) in [4.78, 5) is 2.69. The van der Waals surface area contributed by atoms with E-state index in [4.69, 9.17) is 0 Å². The highest BCUT2D eigenvalue weighted by Gasteiger charge is 2.06. The summed E-state index contributed by atoms with van der Waals surface area (Å²) >= 11 is 3.57. The van der Waals surface area contributed by atoms with Gasteiger partial charge in [0.1, 0.15) is 0 Å². The predicted octanol–water partition coefficient (Wildman–Crippen LogP) is 3.72. The molecule has 0 spiro atoms. The van der Waals surface area contributed by atoms with E-state index in [1.54, 1.807) is 28.9 Å². The van der Waals surface area contributed by atoms with Gasteiger partial charge in [0, 0.05) is 44.2 Å². The Morgan fingerprint density at radius 2 is 2.26 bits per heavy atom. The molecule has 2 rings (SSSR count). The molecule has 2 unspecified atom stereocenters. The number of hydrogen-bond acceptors (Lipinski definition) is 4. The number of nitrogens with one attached hydrogen (secondary N) is 1. The van der Waals surface area contributed by atoms with Crippen molar-refractivity contribution in [1.29, 1.82) is 0 Å². The van der Waals surface area contributed by atoms with Crippen molar-refractivity contribution in [1.82, 2.24) is 5.32 Å². The Morgan fingerprint density at radius 1 is 1.42 bits per heavy atom. The molecule has 0 fully saturated rings. The molecule has 5 heteroatoms. The summed E-state index contributed by atoms with van der Waals surface area (Å²) in [6, 6.07) is 6.49. The van der Waals surface area contributed by atoms with Crippen LogP contribution in [0.3, 0.4) is 0 Å². The summed E-state index contributed by atoms with van der Waals surface area (Å²) in [7, 11) is -0.711. The fraction of sp³-hybridized carbons (Fsp3) is 0.429. The van der Waals surface area contributed by atoms with Gasteiger partial charge >= 0.3 is 0 Å². The maximum Gasteiger partial charge on any atom is 0.0351 e. The van der Waals surface area contributed by atoms with Crippen molar-refractivity contribution < 1.29 is 4.21 Å². The lowest BCUT2D eigenvalue weighted by Gasteiger charge is -2.08. The molecule has 1 N–H and O–H groups in total. The molecule has 2 aromatic heterocycles. The number of thiophene rings is 2. The van der Waals surface area contributed by atoms with Crippen molar-refractivity contribution in [3.63, 3.8) is 0 Å². The van der Waals surface area contributed by atoms with Gasteiger partial charge in [0.05, 0.1) is 0 Å². The van der Waals surface area contributed by atoms with E-state index in [1.807, 2.05) is 6.92 Å². The summed E-state index contributed by atoms with van der Waals surface area (Å²) in [5.41, 5.74) is 1.32. The van der Waals surface area contributed by atoms with E-state index in [9.17, 15) is 4.21 Å². The van der Waals surface area contributed by atoms with Crippen LogP contribution < -0.4 is 5.32 Å². The molecule has 0 saturated carbocycles. The highest BCUT2D eigenvalue weighted by Crippen LogP contribution is 2.29. The molecule has 0 aromatic carbocycles. The Kier molecular flexibility index (Phi) is 5.76. The molecular formula is C14H19NOS3. The summed E-state index contributed by atoms with van der Waals surface area (Å²) in [5.74, 6) is 0. The van der Waals surface area contributed by atoms with Gasteiger partial charge in [0.25, 0.3) is 0 Å². The largest absolute Gasteiger partial charge is 0.312 e. The van der Waals surface area contributed by atoms with Crippen LogP contribution in [0.4, 0.5) is 0 Å². The molecule has 0 aliphatic rings. The molecule has 0 amide bonds. The second-order valence-corrected chi connectivity index (χ2v) is 8.30. The Hall–Kier alpha value is -0.490. The average molecular weight is 314 g/mol. The van der Waals surface area contributed by atoms with Crippen LogP contribution in [0.5, 0.6) is 0 Å². The summed E-state index contributed by atoms with van der Waals surface area (Å²) in [5, 5.41) is 8.02. The summed E-state index contributed by atoms with van der Waals surface area (Å²) in [6.45, 7) is 3.87. The minimum atomic E-state index is -0.711. The average Bonchev–Trinajstić information content (AvgIpc) is 3.04. The smallest absolute Gasteiger partial charge is 0.0351 e. The van der Waals surface area contributed by atoms with Crippen molar-refractivity contribution in [2.45, 2.75) is 25.1 Å². The lowest BCUT2D eigenvalue weighted by molar-refractivity contribution is 0.632. The van der Waals surface area contributed by atoms with Gasteiger partial charge < -0.3 is 5.32 Å². The van der Waals surface area contributed by atoms with Crippen molar-refractivity contribution >= 4 is 33.5 Å².